The summed E-state index contributed by atoms with van der Waals surface area (Å²) < 4.78 is 22.9. The van der Waals surface area contributed by atoms with Crippen molar-refractivity contribution in [2.75, 3.05) is 58.6 Å². The minimum absolute atomic E-state index is 0.423. The molecule has 0 radical (unpaired) electrons. The minimum Gasteiger partial charge on any atom is -0.496 e. The van der Waals surface area contributed by atoms with Crippen molar-refractivity contribution in [2.24, 2.45) is 0 Å². The standard InChI is InChI=1S/C28H34N4O4/c1-4-26(32-11-15-34-16-12-32)23-17-21(2)30-28-29-10-9-25(31-28)22-7-8-27(33-3)24(18-22)20-36-14-6-5-13-35-19-23/h4-10,17-18H,2,11-16,19-20H2,1,3H3,(H,29,30,31)/b6-5+,23-17-,26-4+. The van der Waals surface area contributed by atoms with Crippen LogP contribution in [0.25, 0.3) is 11.3 Å². The van der Waals surface area contributed by atoms with Crippen LogP contribution in [0.5, 0.6) is 5.75 Å². The number of rotatable bonds is 3. The van der Waals surface area contributed by atoms with Gasteiger partial charge in [0.25, 0.3) is 0 Å². The van der Waals surface area contributed by atoms with Crippen molar-refractivity contribution in [1.29, 1.82) is 0 Å². The molecule has 2 aliphatic rings. The number of hydrogen-bond donors (Lipinski definition) is 1. The van der Waals surface area contributed by atoms with E-state index in [1.807, 2.05) is 49.4 Å². The Bertz CT molecular complexity index is 1140. The summed E-state index contributed by atoms with van der Waals surface area (Å²) in [6.07, 6.45) is 9.80. The molecule has 4 bridgehead atoms. The Labute approximate surface area is 212 Å². The number of morpholine rings is 1. The van der Waals surface area contributed by atoms with Gasteiger partial charge in [-0.1, -0.05) is 24.8 Å². The summed E-state index contributed by atoms with van der Waals surface area (Å²) in [5.41, 5.74) is 5.52. The number of ether oxygens (including phenoxy) is 4. The van der Waals surface area contributed by atoms with Gasteiger partial charge in [-0.15, -0.1) is 0 Å². The summed E-state index contributed by atoms with van der Waals surface area (Å²) >= 11 is 0. The highest BCUT2D eigenvalue weighted by atomic mass is 16.5. The van der Waals surface area contributed by atoms with Gasteiger partial charge < -0.3 is 29.2 Å². The number of anilines is 1. The molecule has 1 saturated heterocycles. The summed E-state index contributed by atoms with van der Waals surface area (Å²) in [7, 11) is 1.66. The summed E-state index contributed by atoms with van der Waals surface area (Å²) in [6, 6.07) is 7.84. The third kappa shape index (κ3) is 6.81. The van der Waals surface area contributed by atoms with E-state index in [9.17, 15) is 0 Å². The normalized spacial score (nSPS) is 20.4. The first kappa shape index (κ1) is 25.6. The Morgan fingerprint density at radius 1 is 1.08 bits per heavy atom. The fourth-order valence-electron chi connectivity index (χ4n) is 4.20. The highest BCUT2D eigenvalue weighted by Gasteiger charge is 2.17. The van der Waals surface area contributed by atoms with Crippen molar-refractivity contribution >= 4 is 5.95 Å². The van der Waals surface area contributed by atoms with Crippen molar-refractivity contribution in [3.63, 3.8) is 0 Å². The van der Waals surface area contributed by atoms with E-state index in [0.717, 1.165) is 46.9 Å². The molecule has 1 N–H and O–H groups in total. The molecule has 8 nitrogen and oxygen atoms in total. The van der Waals surface area contributed by atoms with Gasteiger partial charge in [-0.3, -0.25) is 0 Å². The van der Waals surface area contributed by atoms with E-state index in [0.29, 0.717) is 51.3 Å². The third-order valence-electron chi connectivity index (χ3n) is 5.92. The number of aromatic nitrogens is 2. The molecular formula is C28H34N4O4. The molecule has 0 amide bonds. The first-order chi connectivity index (χ1) is 17.7. The lowest BCUT2D eigenvalue weighted by Crippen LogP contribution is -2.36. The highest BCUT2D eigenvalue weighted by Crippen LogP contribution is 2.27. The molecule has 2 aliphatic heterocycles. The van der Waals surface area contributed by atoms with Crippen molar-refractivity contribution < 1.29 is 18.9 Å². The van der Waals surface area contributed by atoms with Gasteiger partial charge in [0.2, 0.25) is 5.95 Å². The van der Waals surface area contributed by atoms with Gasteiger partial charge in [0.1, 0.15) is 5.75 Å². The number of nitrogens with zero attached hydrogens (tertiary/aromatic N) is 3. The number of nitrogens with one attached hydrogen (secondary N) is 1. The highest BCUT2D eigenvalue weighted by molar-refractivity contribution is 5.63. The molecule has 1 aromatic heterocycles. The second kappa shape index (κ2) is 13.0. The summed E-state index contributed by atoms with van der Waals surface area (Å²) in [6.45, 7) is 11.2. The molecule has 2 aromatic rings. The van der Waals surface area contributed by atoms with Crippen LogP contribution >= 0.6 is 0 Å². The Hall–Kier alpha value is -3.46. The number of hydrogen-bond acceptors (Lipinski definition) is 8. The second-order valence-corrected chi connectivity index (χ2v) is 8.39. The maximum atomic E-state index is 6.00. The minimum atomic E-state index is 0.423. The van der Waals surface area contributed by atoms with E-state index < -0.39 is 0 Å². The Balaban J connectivity index is 1.64. The van der Waals surface area contributed by atoms with Crippen LogP contribution in [-0.4, -0.2) is 68.1 Å². The largest absolute Gasteiger partial charge is 0.496 e. The predicted molar refractivity (Wildman–Crippen MR) is 141 cm³/mol. The summed E-state index contributed by atoms with van der Waals surface area (Å²) in [5.74, 6) is 1.25. The van der Waals surface area contributed by atoms with E-state index in [4.69, 9.17) is 23.9 Å². The fraction of sp³-hybridized carbons (Fsp3) is 0.357. The fourth-order valence-corrected chi connectivity index (χ4v) is 4.20. The Morgan fingerprint density at radius 2 is 1.86 bits per heavy atom. The molecule has 0 aliphatic carbocycles. The quantitative estimate of drug-likeness (QED) is 0.637. The van der Waals surface area contributed by atoms with Gasteiger partial charge >= 0.3 is 0 Å². The van der Waals surface area contributed by atoms with Crippen molar-refractivity contribution in [1.82, 2.24) is 14.9 Å². The molecule has 1 fully saturated rings. The first-order valence-corrected chi connectivity index (χ1v) is 12.1. The molecule has 190 valence electrons. The van der Waals surface area contributed by atoms with Gasteiger partial charge in [-0.05, 0) is 37.3 Å². The van der Waals surface area contributed by atoms with Crippen LogP contribution in [-0.2, 0) is 20.8 Å². The van der Waals surface area contributed by atoms with Gasteiger partial charge in [-0.25, -0.2) is 9.97 Å². The molecular weight excluding hydrogens is 456 g/mol. The Morgan fingerprint density at radius 3 is 2.61 bits per heavy atom. The lowest BCUT2D eigenvalue weighted by atomic mass is 10.1. The van der Waals surface area contributed by atoms with Crippen molar-refractivity contribution in [3.8, 4) is 17.0 Å². The van der Waals surface area contributed by atoms with Crippen LogP contribution in [0.2, 0.25) is 0 Å². The molecule has 0 spiro atoms. The van der Waals surface area contributed by atoms with Crippen LogP contribution < -0.4 is 10.1 Å². The van der Waals surface area contributed by atoms with Gasteiger partial charge in [0.05, 0.1) is 52.4 Å². The SMILES string of the molecule is C=C1/C=C(\C(=C/C)N2CCOCC2)COC/C=C/COCc2cc(ccc2OC)-c2ccnc(n2)N1. The van der Waals surface area contributed by atoms with E-state index in [1.54, 1.807) is 13.3 Å². The monoisotopic (exact) mass is 490 g/mol. The maximum Gasteiger partial charge on any atom is 0.227 e. The number of methoxy groups -OCH3 is 1. The van der Waals surface area contributed by atoms with E-state index in [1.165, 1.54) is 0 Å². The zero-order chi connectivity index (χ0) is 25.2. The average molecular weight is 491 g/mol. The first-order valence-electron chi connectivity index (χ1n) is 12.1. The van der Waals surface area contributed by atoms with E-state index in [2.05, 4.69) is 27.9 Å². The molecule has 0 saturated carbocycles. The van der Waals surface area contributed by atoms with Crippen LogP contribution in [0, 0.1) is 0 Å². The van der Waals surface area contributed by atoms with Crippen LogP contribution in [0.1, 0.15) is 12.5 Å². The predicted octanol–water partition coefficient (Wildman–Crippen LogP) is 4.34. The maximum absolute atomic E-state index is 6.00. The lowest BCUT2D eigenvalue weighted by Gasteiger charge is -2.32. The molecule has 36 heavy (non-hydrogen) atoms. The zero-order valence-corrected chi connectivity index (χ0v) is 21.0. The molecule has 0 unspecified atom stereocenters. The van der Waals surface area contributed by atoms with Crippen LogP contribution in [0.15, 0.2) is 78.3 Å². The van der Waals surface area contributed by atoms with Crippen LogP contribution in [0.4, 0.5) is 5.95 Å². The molecule has 3 heterocycles. The number of fused-ring (bicyclic) bond motifs is 5. The van der Waals surface area contributed by atoms with Crippen molar-refractivity contribution in [3.05, 3.63) is 83.9 Å². The summed E-state index contributed by atoms with van der Waals surface area (Å²) in [4.78, 5) is 11.4. The summed E-state index contributed by atoms with van der Waals surface area (Å²) in [5, 5.41) is 3.25. The number of allylic oxidation sites excluding steroid dienone is 2. The van der Waals surface area contributed by atoms with Gasteiger partial charge in [0.15, 0.2) is 0 Å². The van der Waals surface area contributed by atoms with Crippen molar-refractivity contribution in [2.45, 2.75) is 13.5 Å². The van der Waals surface area contributed by atoms with E-state index >= 15 is 0 Å². The number of benzene rings is 1. The Kier molecular flexibility index (Phi) is 9.27. The average Bonchev–Trinajstić information content (AvgIpc) is 2.90. The second-order valence-electron chi connectivity index (χ2n) is 8.39. The van der Waals surface area contributed by atoms with Crippen LogP contribution in [0.3, 0.4) is 0 Å². The molecule has 4 rings (SSSR count). The van der Waals surface area contributed by atoms with Gasteiger partial charge in [0, 0.05) is 47.4 Å². The molecule has 1 aromatic carbocycles. The topological polar surface area (TPSA) is 78.0 Å². The van der Waals surface area contributed by atoms with E-state index in [-0.39, 0.29) is 0 Å². The molecule has 8 heteroatoms. The lowest BCUT2D eigenvalue weighted by molar-refractivity contribution is 0.0534. The van der Waals surface area contributed by atoms with Gasteiger partial charge in [-0.2, -0.15) is 0 Å². The molecule has 0 atom stereocenters. The zero-order valence-electron chi connectivity index (χ0n) is 21.0. The third-order valence-corrected chi connectivity index (χ3v) is 5.92. The smallest absolute Gasteiger partial charge is 0.227 e.